The van der Waals surface area contributed by atoms with Gasteiger partial charge in [0.05, 0.1) is 12.0 Å². The number of halogens is 1. The van der Waals surface area contributed by atoms with Crippen molar-refractivity contribution in [2.45, 2.75) is 69.1 Å². The Bertz CT molecular complexity index is 912. The minimum atomic E-state index is -2.15. The van der Waals surface area contributed by atoms with Crippen molar-refractivity contribution in [2.24, 2.45) is 17.8 Å². The van der Waals surface area contributed by atoms with E-state index < -0.39 is 28.2 Å². The molecule has 7 nitrogen and oxygen atoms in total. The zero-order valence-electron chi connectivity index (χ0n) is 16.9. The molecule has 0 aromatic heterocycles. The highest BCUT2D eigenvalue weighted by molar-refractivity contribution is 6.06. The van der Waals surface area contributed by atoms with E-state index in [1.165, 1.54) is 25.3 Å². The molecule has 4 fully saturated rings. The van der Waals surface area contributed by atoms with Crippen molar-refractivity contribution in [1.82, 2.24) is 5.32 Å². The Hall–Kier alpha value is -2.51. The minimum absolute atomic E-state index is 0.0772. The van der Waals surface area contributed by atoms with Crippen molar-refractivity contribution in [3.05, 3.63) is 39.7 Å². The zero-order chi connectivity index (χ0) is 21.3. The first kappa shape index (κ1) is 19.5. The third-order valence-corrected chi connectivity index (χ3v) is 7.74. The molecule has 0 saturated heterocycles. The third-order valence-electron chi connectivity index (χ3n) is 7.74. The number of hydrogen-bond donors (Lipinski definition) is 1. The summed E-state index contributed by atoms with van der Waals surface area (Å²) in [5, 5.41) is 15.0. The molecular formula is C22H25FN2O5. The highest BCUT2D eigenvalue weighted by Gasteiger charge is 2.59. The summed E-state index contributed by atoms with van der Waals surface area (Å²) in [6, 6.07) is 3.37. The molecule has 4 aliphatic carbocycles. The van der Waals surface area contributed by atoms with Crippen LogP contribution in [0.4, 0.5) is 4.39 Å². The van der Waals surface area contributed by atoms with Crippen molar-refractivity contribution in [3.63, 3.8) is 0 Å². The molecule has 1 aromatic rings. The summed E-state index contributed by atoms with van der Waals surface area (Å²) in [5.74, 6) is 0.191. The molecule has 160 valence electrons. The molecule has 8 heteroatoms. The largest absolute Gasteiger partial charge is 0.481 e. The van der Waals surface area contributed by atoms with Gasteiger partial charge in [0.25, 0.3) is 0 Å². The van der Waals surface area contributed by atoms with Crippen molar-refractivity contribution in [2.75, 3.05) is 0 Å². The molecule has 30 heavy (non-hydrogen) atoms. The lowest BCUT2D eigenvalue weighted by Crippen LogP contribution is -2.62. The zero-order valence-corrected chi connectivity index (χ0v) is 16.9. The minimum Gasteiger partial charge on any atom is -0.481 e. The smallest absolute Gasteiger partial charge is 0.317 e. The number of ether oxygens (including phenoxy) is 1. The van der Waals surface area contributed by atoms with Gasteiger partial charge in [-0.05, 0) is 74.5 Å². The molecule has 4 saturated carbocycles. The fourth-order valence-electron chi connectivity index (χ4n) is 6.69. The number of amides is 1. The van der Waals surface area contributed by atoms with Crippen LogP contribution >= 0.6 is 0 Å². The number of ketones is 1. The van der Waals surface area contributed by atoms with E-state index in [9.17, 15) is 24.1 Å². The van der Waals surface area contributed by atoms with Crippen LogP contribution in [0.1, 0.15) is 62.2 Å². The maximum Gasteiger partial charge on any atom is 0.317 e. The molecule has 1 aromatic carbocycles. The maximum absolute atomic E-state index is 13.6. The van der Waals surface area contributed by atoms with Gasteiger partial charge in [-0.1, -0.05) is 0 Å². The van der Waals surface area contributed by atoms with Gasteiger partial charge in [-0.25, -0.2) is 4.39 Å². The Labute approximate surface area is 173 Å². The van der Waals surface area contributed by atoms with Gasteiger partial charge in [-0.2, -0.15) is 0 Å². The monoisotopic (exact) mass is 416 g/mol. The lowest BCUT2D eigenvalue weighted by atomic mass is 9.53. The first-order valence-corrected chi connectivity index (χ1v) is 10.6. The van der Waals surface area contributed by atoms with Crippen molar-refractivity contribution in [3.8, 4) is 5.75 Å². The predicted octanol–water partition coefficient (Wildman–Crippen LogP) is 3.28. The Morgan fingerprint density at radius 2 is 1.83 bits per heavy atom. The number of nitrogens with zero attached hydrogens (tertiary/aromatic N) is 1. The summed E-state index contributed by atoms with van der Waals surface area (Å²) in [7, 11) is 0. The second-order valence-corrected chi connectivity index (χ2v) is 9.93. The van der Waals surface area contributed by atoms with E-state index in [1.54, 1.807) is 0 Å². The van der Waals surface area contributed by atoms with Crippen molar-refractivity contribution < 1.29 is 23.6 Å². The van der Waals surface area contributed by atoms with Crippen LogP contribution in [-0.2, 0) is 4.79 Å². The summed E-state index contributed by atoms with van der Waals surface area (Å²) < 4.78 is 19.3. The van der Waals surface area contributed by atoms with Gasteiger partial charge in [-0.15, -0.1) is 0 Å². The molecule has 0 radical (unpaired) electrons. The summed E-state index contributed by atoms with van der Waals surface area (Å²) >= 11 is 0. The molecule has 6 rings (SSSR count). The molecule has 1 heterocycles. The number of fused-ring (bicyclic) bond motifs is 1. The standard InChI is InChI=1S/C22H25FN2O5/c1-21(25(28)29)18(30-17-3-2-15(23)7-16(17)20(21)27)8-19(26)24-22-9-12-4-13(10-22)6-14(5-12)11-22/h2-3,7,12-14,18H,4-6,8-11H2,1H3,(H,24,26)/t12?,13?,14?,18-,21-,22?/m1/s1. The average Bonchev–Trinajstić information content (AvgIpc) is 2.64. The van der Waals surface area contributed by atoms with Crippen LogP contribution in [0.5, 0.6) is 5.75 Å². The molecule has 0 unspecified atom stereocenters. The first-order chi connectivity index (χ1) is 14.2. The molecule has 1 amide bonds. The second-order valence-electron chi connectivity index (χ2n) is 9.93. The number of nitrogens with one attached hydrogen (secondary N) is 1. The van der Waals surface area contributed by atoms with E-state index >= 15 is 0 Å². The summed E-state index contributed by atoms with van der Waals surface area (Å²) in [6.07, 6.45) is 5.05. The molecule has 1 aliphatic heterocycles. The topological polar surface area (TPSA) is 98.5 Å². The van der Waals surface area contributed by atoms with Crippen LogP contribution in [0, 0.1) is 33.7 Å². The second kappa shape index (κ2) is 6.49. The van der Waals surface area contributed by atoms with Crippen molar-refractivity contribution >= 4 is 11.7 Å². The van der Waals surface area contributed by atoms with Gasteiger partial charge in [0.1, 0.15) is 11.6 Å². The van der Waals surface area contributed by atoms with Gasteiger partial charge in [0.15, 0.2) is 6.10 Å². The number of benzene rings is 1. The van der Waals surface area contributed by atoms with Crippen LogP contribution in [-0.4, -0.2) is 33.8 Å². The number of Topliss-reactive ketones (excluding diaryl/α,β-unsaturated/α-hetero) is 1. The normalized spacial score (nSPS) is 38.7. The Morgan fingerprint density at radius 1 is 1.23 bits per heavy atom. The number of hydrogen-bond acceptors (Lipinski definition) is 5. The molecule has 2 atom stereocenters. The molecule has 5 aliphatic rings. The van der Waals surface area contributed by atoms with Crippen LogP contribution in [0.2, 0.25) is 0 Å². The number of carbonyl (C=O) groups is 2. The van der Waals surface area contributed by atoms with Crippen LogP contribution < -0.4 is 10.1 Å². The Kier molecular flexibility index (Phi) is 4.21. The number of nitro groups is 1. The fraction of sp³-hybridized carbons (Fsp3) is 0.636. The predicted molar refractivity (Wildman–Crippen MR) is 104 cm³/mol. The van der Waals surface area contributed by atoms with Gasteiger partial charge >= 0.3 is 5.54 Å². The summed E-state index contributed by atoms with van der Waals surface area (Å²) in [5.41, 5.74) is -2.54. The lowest BCUT2D eigenvalue weighted by Gasteiger charge is -2.57. The van der Waals surface area contributed by atoms with Crippen LogP contribution in [0.3, 0.4) is 0 Å². The maximum atomic E-state index is 13.6. The van der Waals surface area contributed by atoms with Crippen LogP contribution in [0.25, 0.3) is 0 Å². The third kappa shape index (κ3) is 2.91. The Morgan fingerprint density at radius 3 is 2.40 bits per heavy atom. The highest BCUT2D eigenvalue weighted by atomic mass is 19.1. The van der Waals surface area contributed by atoms with E-state index in [0.29, 0.717) is 17.8 Å². The van der Waals surface area contributed by atoms with Gasteiger partial charge in [-0.3, -0.25) is 19.7 Å². The Balaban J connectivity index is 1.38. The average molecular weight is 416 g/mol. The summed E-state index contributed by atoms with van der Waals surface area (Å²) in [4.78, 5) is 37.1. The number of rotatable bonds is 4. The van der Waals surface area contributed by atoms with E-state index in [4.69, 9.17) is 4.74 Å². The molecular weight excluding hydrogens is 391 g/mol. The van der Waals surface area contributed by atoms with E-state index in [2.05, 4.69) is 5.32 Å². The summed E-state index contributed by atoms with van der Waals surface area (Å²) in [6.45, 7) is 1.16. The molecule has 1 N–H and O–H groups in total. The van der Waals surface area contributed by atoms with E-state index in [-0.39, 0.29) is 29.2 Å². The molecule has 0 spiro atoms. The fourth-order valence-corrected chi connectivity index (χ4v) is 6.69. The van der Waals surface area contributed by atoms with E-state index in [1.807, 2.05) is 0 Å². The number of carbonyl (C=O) groups excluding carboxylic acids is 2. The van der Waals surface area contributed by atoms with Crippen molar-refractivity contribution in [1.29, 1.82) is 0 Å². The first-order valence-electron chi connectivity index (χ1n) is 10.6. The highest BCUT2D eigenvalue weighted by Crippen LogP contribution is 2.55. The quantitative estimate of drug-likeness (QED) is 0.600. The molecule has 4 bridgehead atoms. The van der Waals surface area contributed by atoms with Gasteiger partial charge < -0.3 is 10.1 Å². The van der Waals surface area contributed by atoms with Gasteiger partial charge in [0, 0.05) is 17.4 Å². The van der Waals surface area contributed by atoms with Gasteiger partial charge in [0.2, 0.25) is 11.7 Å². The van der Waals surface area contributed by atoms with E-state index in [0.717, 1.165) is 38.3 Å². The SMILES string of the molecule is C[C@]1([N+](=O)[O-])C(=O)c2cc(F)ccc2O[C@@H]1CC(=O)NC12CC3CC(CC(C3)C1)C2. The lowest BCUT2D eigenvalue weighted by molar-refractivity contribution is -0.556. The van der Waals surface area contributed by atoms with Crippen LogP contribution in [0.15, 0.2) is 18.2 Å².